The monoisotopic (exact) mass is 263 g/mol. The molecular weight excluding hydrogens is 250 g/mol. The van der Waals surface area contributed by atoms with Crippen molar-refractivity contribution < 1.29 is 20.1 Å². The number of hydrogen-bond donors (Lipinski definition) is 3. The van der Waals surface area contributed by atoms with Gasteiger partial charge in [0.1, 0.15) is 5.69 Å². The van der Waals surface area contributed by atoms with E-state index in [1.807, 2.05) is 0 Å². The van der Waals surface area contributed by atoms with Crippen LogP contribution in [0, 0.1) is 0 Å². The zero-order valence-electron chi connectivity index (χ0n) is 9.97. The number of aliphatic hydroxyl groups excluding tert-OH is 2. The molecule has 0 fully saturated rings. The lowest BCUT2D eigenvalue weighted by atomic mass is 10.1. The predicted molar refractivity (Wildman–Crippen MR) is 65.5 cm³/mol. The summed E-state index contributed by atoms with van der Waals surface area (Å²) in [6, 6.07) is 8.79. The normalized spacial score (nSPS) is 12.3. The van der Waals surface area contributed by atoms with E-state index in [0.29, 0.717) is 11.3 Å². The smallest absolute Gasteiger partial charge is 0.358 e. The molecule has 0 saturated carbocycles. The first-order chi connectivity index (χ1) is 9.13. The third-order valence-electron chi connectivity index (χ3n) is 2.58. The molecule has 0 aliphatic heterocycles. The molecule has 2 rings (SSSR count). The fraction of sp³-hybridized carbons (Fsp3) is 0.250. The average Bonchev–Trinajstić information content (AvgIpc) is 2.83. The first-order valence-electron chi connectivity index (χ1n) is 5.64. The Balaban J connectivity index is 2.48. The quantitative estimate of drug-likeness (QED) is 0.700. The van der Waals surface area contributed by atoms with Crippen molar-refractivity contribution in [3.63, 3.8) is 0 Å². The number of carbonyl (C=O) groups is 1. The van der Waals surface area contributed by atoms with E-state index >= 15 is 0 Å². The molecule has 7 nitrogen and oxygen atoms in total. The van der Waals surface area contributed by atoms with Crippen molar-refractivity contribution in [3.8, 4) is 11.3 Å². The summed E-state index contributed by atoms with van der Waals surface area (Å²) in [5.74, 6) is -1.19. The van der Waals surface area contributed by atoms with E-state index in [1.54, 1.807) is 30.3 Å². The maximum atomic E-state index is 11.1. The van der Waals surface area contributed by atoms with E-state index in [1.165, 1.54) is 4.68 Å². The van der Waals surface area contributed by atoms with Gasteiger partial charge in [0.25, 0.3) is 0 Å². The molecule has 0 radical (unpaired) electrons. The van der Waals surface area contributed by atoms with Gasteiger partial charge in [-0.2, -0.15) is 0 Å². The van der Waals surface area contributed by atoms with Crippen molar-refractivity contribution in [2.75, 3.05) is 6.61 Å². The summed E-state index contributed by atoms with van der Waals surface area (Å²) in [5, 5.41) is 34.7. The summed E-state index contributed by atoms with van der Waals surface area (Å²) >= 11 is 0. The van der Waals surface area contributed by atoms with Crippen LogP contribution in [0.3, 0.4) is 0 Å². The van der Waals surface area contributed by atoms with Gasteiger partial charge in [-0.25, -0.2) is 9.48 Å². The first-order valence-corrected chi connectivity index (χ1v) is 5.64. The Hall–Kier alpha value is -2.25. The molecule has 7 heteroatoms. The van der Waals surface area contributed by atoms with E-state index in [4.69, 9.17) is 10.2 Å². The number of nitrogens with zero attached hydrogens (tertiary/aromatic N) is 3. The summed E-state index contributed by atoms with van der Waals surface area (Å²) < 4.78 is 1.28. The van der Waals surface area contributed by atoms with Crippen LogP contribution in [-0.2, 0) is 6.54 Å². The second-order valence-corrected chi connectivity index (χ2v) is 3.98. The highest BCUT2D eigenvalue weighted by molar-refractivity contribution is 5.92. The lowest BCUT2D eigenvalue weighted by molar-refractivity contribution is 0.0690. The van der Waals surface area contributed by atoms with Crippen molar-refractivity contribution in [1.29, 1.82) is 0 Å². The van der Waals surface area contributed by atoms with Crippen molar-refractivity contribution in [3.05, 3.63) is 36.0 Å². The highest BCUT2D eigenvalue weighted by atomic mass is 16.4. The molecule has 0 aliphatic carbocycles. The van der Waals surface area contributed by atoms with Crippen LogP contribution in [0.5, 0.6) is 0 Å². The molecule has 19 heavy (non-hydrogen) atoms. The predicted octanol–water partition coefficient (Wildman–Crippen LogP) is -0.00350. The Labute approximate surface area is 108 Å². The fourth-order valence-electron chi connectivity index (χ4n) is 1.72. The second-order valence-electron chi connectivity index (χ2n) is 3.98. The topological polar surface area (TPSA) is 108 Å². The minimum absolute atomic E-state index is 0.0268. The van der Waals surface area contributed by atoms with Crippen molar-refractivity contribution in [2.24, 2.45) is 0 Å². The number of aromatic carboxylic acids is 1. The number of carboxylic acid groups (broad SMARTS) is 1. The number of hydrogen-bond acceptors (Lipinski definition) is 5. The molecule has 0 bridgehead atoms. The van der Waals surface area contributed by atoms with Gasteiger partial charge in [-0.1, -0.05) is 35.5 Å². The fourth-order valence-corrected chi connectivity index (χ4v) is 1.72. The van der Waals surface area contributed by atoms with Crippen molar-refractivity contribution in [1.82, 2.24) is 15.0 Å². The summed E-state index contributed by atoms with van der Waals surface area (Å²) in [6.07, 6.45) is -1.02. The van der Waals surface area contributed by atoms with E-state index in [2.05, 4.69) is 10.3 Å². The lowest BCUT2D eigenvalue weighted by Gasteiger charge is -2.10. The number of aromatic nitrogens is 3. The third kappa shape index (κ3) is 2.78. The van der Waals surface area contributed by atoms with Crippen LogP contribution in [0.1, 0.15) is 10.5 Å². The van der Waals surface area contributed by atoms with Gasteiger partial charge in [0.15, 0.2) is 5.69 Å². The average molecular weight is 263 g/mol. The van der Waals surface area contributed by atoms with Crippen LogP contribution in [0.25, 0.3) is 11.3 Å². The minimum atomic E-state index is -1.19. The van der Waals surface area contributed by atoms with Crippen LogP contribution in [0.2, 0.25) is 0 Å². The third-order valence-corrected chi connectivity index (χ3v) is 2.58. The molecule has 1 aromatic carbocycles. The maximum Gasteiger partial charge on any atom is 0.358 e. The Bertz CT molecular complexity index is 568. The Morgan fingerprint density at radius 3 is 2.58 bits per heavy atom. The number of carboxylic acids is 1. The van der Waals surface area contributed by atoms with Gasteiger partial charge >= 0.3 is 5.97 Å². The van der Waals surface area contributed by atoms with E-state index in [-0.39, 0.29) is 12.2 Å². The molecule has 2 aromatic rings. The molecule has 100 valence electrons. The minimum Gasteiger partial charge on any atom is -0.476 e. The molecule has 0 spiro atoms. The summed E-state index contributed by atoms with van der Waals surface area (Å²) in [7, 11) is 0. The molecule has 1 unspecified atom stereocenters. The second kappa shape index (κ2) is 5.59. The highest BCUT2D eigenvalue weighted by Crippen LogP contribution is 2.22. The molecule has 1 atom stereocenters. The van der Waals surface area contributed by atoms with Gasteiger partial charge in [0, 0.05) is 5.56 Å². The number of benzene rings is 1. The summed E-state index contributed by atoms with van der Waals surface area (Å²) in [5.41, 5.74) is 0.756. The van der Waals surface area contributed by atoms with Crippen molar-refractivity contribution >= 4 is 5.97 Å². The van der Waals surface area contributed by atoms with Crippen LogP contribution in [-0.4, -0.2) is 49.0 Å². The standard InChI is InChI=1S/C12H13N3O4/c16-7-9(17)6-15-11(8-4-2-1-3-5-8)10(12(18)19)13-14-15/h1-5,9,16-17H,6-7H2,(H,18,19). The number of rotatable bonds is 5. The Morgan fingerprint density at radius 1 is 1.32 bits per heavy atom. The van der Waals surface area contributed by atoms with Gasteiger partial charge in [-0.05, 0) is 0 Å². The molecule has 0 aliphatic rings. The largest absolute Gasteiger partial charge is 0.476 e. The highest BCUT2D eigenvalue weighted by Gasteiger charge is 2.21. The molecular formula is C12H13N3O4. The molecule has 1 aromatic heterocycles. The SMILES string of the molecule is O=C(O)c1nnn(CC(O)CO)c1-c1ccccc1. The van der Waals surface area contributed by atoms with Gasteiger partial charge in [0.05, 0.1) is 19.3 Å². The number of aliphatic hydroxyl groups is 2. The molecule has 0 amide bonds. The van der Waals surface area contributed by atoms with Crippen LogP contribution in [0.4, 0.5) is 0 Å². The van der Waals surface area contributed by atoms with Gasteiger partial charge in [-0.3, -0.25) is 0 Å². The van der Waals surface area contributed by atoms with Gasteiger partial charge in [0.2, 0.25) is 0 Å². The molecule has 0 saturated heterocycles. The van der Waals surface area contributed by atoms with Crippen LogP contribution < -0.4 is 0 Å². The zero-order valence-corrected chi connectivity index (χ0v) is 9.97. The Morgan fingerprint density at radius 2 is 2.00 bits per heavy atom. The Kier molecular flexibility index (Phi) is 3.88. The van der Waals surface area contributed by atoms with Crippen LogP contribution in [0.15, 0.2) is 30.3 Å². The molecule has 1 heterocycles. The molecule has 3 N–H and O–H groups in total. The van der Waals surface area contributed by atoms with Crippen LogP contribution >= 0.6 is 0 Å². The van der Waals surface area contributed by atoms with E-state index < -0.39 is 18.7 Å². The summed E-state index contributed by atoms with van der Waals surface area (Å²) in [4.78, 5) is 11.1. The first kappa shape index (κ1) is 13.2. The lowest BCUT2D eigenvalue weighted by Crippen LogP contribution is -2.21. The maximum absolute atomic E-state index is 11.1. The van der Waals surface area contributed by atoms with Gasteiger partial charge < -0.3 is 15.3 Å². The van der Waals surface area contributed by atoms with Crippen molar-refractivity contribution in [2.45, 2.75) is 12.6 Å². The van der Waals surface area contributed by atoms with Gasteiger partial charge in [-0.15, -0.1) is 5.10 Å². The zero-order chi connectivity index (χ0) is 13.8. The van der Waals surface area contributed by atoms with E-state index in [9.17, 15) is 9.90 Å². The van der Waals surface area contributed by atoms with E-state index in [0.717, 1.165) is 0 Å². The summed E-state index contributed by atoms with van der Waals surface area (Å²) in [6.45, 7) is -0.461.